The Kier molecular flexibility index (Phi) is 4.36. The lowest BCUT2D eigenvalue weighted by Gasteiger charge is -2.11. The molecule has 0 fully saturated rings. The van der Waals surface area contributed by atoms with E-state index >= 15 is 0 Å². The summed E-state index contributed by atoms with van der Waals surface area (Å²) in [5, 5.41) is -4.94. The number of carbonyl (C=O) groups is 1. The fraction of sp³-hybridized carbons (Fsp3) is 0.300. The molecule has 0 saturated heterocycles. The number of carbonyl (C=O) groups excluding carboxylic acids is 1. The van der Waals surface area contributed by atoms with Crippen molar-refractivity contribution in [3.8, 4) is 0 Å². The van der Waals surface area contributed by atoms with E-state index in [0.29, 0.717) is 0 Å². The molecule has 0 aliphatic rings. The van der Waals surface area contributed by atoms with Gasteiger partial charge in [-0.05, 0) is 5.56 Å². The fourth-order valence-corrected chi connectivity index (χ4v) is 1.37. The van der Waals surface area contributed by atoms with E-state index in [1.165, 1.54) is 0 Å². The van der Waals surface area contributed by atoms with Gasteiger partial charge in [-0.15, -0.1) is 0 Å². The van der Waals surface area contributed by atoms with Gasteiger partial charge in [-0.3, -0.25) is 4.55 Å². The lowest BCUT2D eigenvalue weighted by Crippen LogP contribution is -2.39. The molecule has 0 amide bonds. The highest BCUT2D eigenvalue weighted by molar-refractivity contribution is 7.87. The van der Waals surface area contributed by atoms with E-state index in [1.807, 2.05) is 0 Å². The Hall–Kier alpha value is -1.54. The number of halogens is 2. The first-order valence-corrected chi connectivity index (χ1v) is 6.25. The molecular formula is C10H10F2O5S. The smallest absolute Gasteiger partial charge is 0.460 e. The van der Waals surface area contributed by atoms with Crippen LogP contribution in [0.3, 0.4) is 0 Å². The molecule has 0 spiro atoms. The number of ether oxygens (including phenoxy) is 1. The monoisotopic (exact) mass is 280 g/mol. The van der Waals surface area contributed by atoms with Gasteiger partial charge in [0.1, 0.15) is 0 Å². The van der Waals surface area contributed by atoms with Gasteiger partial charge in [0.15, 0.2) is 0 Å². The minimum absolute atomic E-state index is 0.161. The van der Waals surface area contributed by atoms with Crippen LogP contribution in [0.1, 0.15) is 5.56 Å². The van der Waals surface area contributed by atoms with E-state index in [-0.39, 0.29) is 6.42 Å². The Morgan fingerprint density at radius 3 is 2.33 bits per heavy atom. The van der Waals surface area contributed by atoms with Gasteiger partial charge in [0.2, 0.25) is 0 Å². The van der Waals surface area contributed by atoms with Crippen molar-refractivity contribution in [2.24, 2.45) is 0 Å². The van der Waals surface area contributed by atoms with Gasteiger partial charge < -0.3 is 4.74 Å². The third kappa shape index (κ3) is 3.47. The fourth-order valence-electron chi connectivity index (χ4n) is 1.10. The average molecular weight is 280 g/mol. The molecule has 5 nitrogen and oxygen atoms in total. The molecule has 0 heterocycles. The van der Waals surface area contributed by atoms with Crippen molar-refractivity contribution in [1.82, 2.24) is 0 Å². The van der Waals surface area contributed by atoms with Gasteiger partial charge >= 0.3 is 21.3 Å². The second kappa shape index (κ2) is 5.40. The summed E-state index contributed by atoms with van der Waals surface area (Å²) >= 11 is 0. The maximum Gasteiger partial charge on any atom is 0.465 e. The van der Waals surface area contributed by atoms with Crippen molar-refractivity contribution in [2.45, 2.75) is 11.7 Å². The number of hydrogen-bond acceptors (Lipinski definition) is 4. The molecule has 1 aromatic rings. The van der Waals surface area contributed by atoms with Crippen LogP contribution in [-0.4, -0.2) is 30.8 Å². The first kappa shape index (κ1) is 14.5. The highest BCUT2D eigenvalue weighted by atomic mass is 32.2. The van der Waals surface area contributed by atoms with Crippen molar-refractivity contribution >= 4 is 16.1 Å². The van der Waals surface area contributed by atoms with Crippen LogP contribution >= 0.6 is 0 Å². The lowest BCUT2D eigenvalue weighted by atomic mass is 10.2. The number of alkyl halides is 2. The molecule has 0 aliphatic heterocycles. The van der Waals surface area contributed by atoms with Crippen molar-refractivity contribution in [3.05, 3.63) is 35.9 Å². The van der Waals surface area contributed by atoms with Gasteiger partial charge in [0.25, 0.3) is 0 Å². The molecule has 1 rings (SSSR count). The second-order valence-electron chi connectivity index (χ2n) is 3.36. The van der Waals surface area contributed by atoms with Gasteiger partial charge in [0, 0.05) is 6.42 Å². The van der Waals surface area contributed by atoms with Crippen LogP contribution in [0.5, 0.6) is 0 Å². The Bertz CT molecular complexity index is 512. The predicted molar refractivity (Wildman–Crippen MR) is 57.6 cm³/mol. The zero-order valence-electron chi connectivity index (χ0n) is 9.05. The summed E-state index contributed by atoms with van der Waals surface area (Å²) < 4.78 is 58.2. The number of rotatable bonds is 5. The Morgan fingerprint density at radius 2 is 1.83 bits per heavy atom. The Labute approximate surface area is 102 Å². The van der Waals surface area contributed by atoms with Crippen LogP contribution < -0.4 is 0 Å². The predicted octanol–water partition coefficient (Wildman–Crippen LogP) is 1.25. The maximum atomic E-state index is 12.7. The van der Waals surface area contributed by atoms with Crippen molar-refractivity contribution in [1.29, 1.82) is 0 Å². The zero-order valence-corrected chi connectivity index (χ0v) is 9.86. The largest absolute Gasteiger partial charge is 0.465 e. The summed E-state index contributed by atoms with van der Waals surface area (Å²) in [6.07, 6.45) is 0.161. The second-order valence-corrected chi connectivity index (χ2v) is 4.83. The zero-order chi connectivity index (χ0) is 13.8. The lowest BCUT2D eigenvalue weighted by molar-refractivity contribution is -0.161. The van der Waals surface area contributed by atoms with Crippen LogP contribution in [0.2, 0.25) is 0 Å². The first-order valence-electron chi connectivity index (χ1n) is 4.81. The topological polar surface area (TPSA) is 80.7 Å². The third-order valence-corrected chi connectivity index (χ3v) is 2.84. The summed E-state index contributed by atoms with van der Waals surface area (Å²) in [6, 6.07) is 8.55. The van der Waals surface area contributed by atoms with Crippen LogP contribution in [0.15, 0.2) is 30.3 Å². The third-order valence-electron chi connectivity index (χ3n) is 2.03. The molecule has 1 aromatic carbocycles. The van der Waals surface area contributed by atoms with E-state index in [2.05, 4.69) is 4.74 Å². The molecule has 100 valence electrons. The number of esters is 1. The highest BCUT2D eigenvalue weighted by Crippen LogP contribution is 2.22. The summed E-state index contributed by atoms with van der Waals surface area (Å²) in [4.78, 5) is 10.8. The molecule has 0 aromatic heterocycles. The van der Waals surface area contributed by atoms with Gasteiger partial charge in [0.05, 0.1) is 6.61 Å². The standard InChI is InChI=1S/C10H10F2O5S/c11-10(12,18(14,15)16)9(13)17-7-6-8-4-2-1-3-5-8/h1-5H,6-7H2,(H,14,15,16). The molecule has 0 radical (unpaired) electrons. The SMILES string of the molecule is O=C(OCCc1ccccc1)C(F)(F)S(=O)(=O)O. The van der Waals surface area contributed by atoms with Crippen LogP contribution in [0.4, 0.5) is 8.78 Å². The van der Waals surface area contributed by atoms with Gasteiger partial charge in [-0.25, -0.2) is 4.79 Å². The van der Waals surface area contributed by atoms with E-state index in [0.717, 1.165) is 5.56 Å². The number of hydrogen-bond donors (Lipinski definition) is 1. The molecule has 0 aliphatic carbocycles. The Balaban J connectivity index is 2.53. The van der Waals surface area contributed by atoms with Gasteiger partial charge in [-0.2, -0.15) is 17.2 Å². The van der Waals surface area contributed by atoms with Crippen molar-refractivity contribution < 1.29 is 31.3 Å². The van der Waals surface area contributed by atoms with E-state index in [9.17, 15) is 22.0 Å². The molecule has 0 unspecified atom stereocenters. The average Bonchev–Trinajstić information content (AvgIpc) is 2.28. The number of benzene rings is 1. The van der Waals surface area contributed by atoms with Crippen LogP contribution in [0.25, 0.3) is 0 Å². The molecule has 0 atom stereocenters. The molecule has 0 saturated carbocycles. The minimum atomic E-state index is -5.80. The van der Waals surface area contributed by atoms with Crippen molar-refractivity contribution in [2.75, 3.05) is 6.61 Å². The first-order chi connectivity index (χ1) is 8.25. The van der Waals surface area contributed by atoms with Crippen molar-refractivity contribution in [3.63, 3.8) is 0 Å². The van der Waals surface area contributed by atoms with E-state index < -0.39 is 27.9 Å². The molecule has 18 heavy (non-hydrogen) atoms. The van der Waals surface area contributed by atoms with E-state index in [4.69, 9.17) is 4.55 Å². The summed E-state index contributed by atoms with van der Waals surface area (Å²) in [7, 11) is -5.80. The quantitative estimate of drug-likeness (QED) is 0.648. The van der Waals surface area contributed by atoms with Crippen LogP contribution in [0, 0.1) is 0 Å². The Morgan fingerprint density at radius 1 is 1.28 bits per heavy atom. The van der Waals surface area contributed by atoms with Gasteiger partial charge in [-0.1, -0.05) is 30.3 Å². The molecule has 0 bridgehead atoms. The van der Waals surface area contributed by atoms with E-state index in [1.54, 1.807) is 30.3 Å². The summed E-state index contributed by atoms with van der Waals surface area (Å²) in [6.45, 7) is -0.409. The maximum absolute atomic E-state index is 12.7. The normalized spacial score (nSPS) is 12.2. The minimum Gasteiger partial charge on any atom is -0.460 e. The molecular weight excluding hydrogens is 270 g/mol. The highest BCUT2D eigenvalue weighted by Gasteiger charge is 2.54. The molecule has 8 heteroatoms. The molecule has 1 N–H and O–H groups in total. The summed E-state index contributed by atoms with van der Waals surface area (Å²) in [5.41, 5.74) is 0.737. The summed E-state index contributed by atoms with van der Waals surface area (Å²) in [5.74, 6) is -2.29. The van der Waals surface area contributed by atoms with Crippen LogP contribution in [-0.2, 0) is 26.1 Å².